The number of ether oxygens (including phenoxy) is 3. The van der Waals surface area contributed by atoms with E-state index in [9.17, 15) is 9.59 Å². The minimum absolute atomic E-state index is 0.0810. The molecule has 0 saturated carbocycles. The molecule has 1 fully saturated rings. The number of hydrogen-bond donors (Lipinski definition) is 0. The standard InChI is InChI=1S/C25H29N3O5/c1-16(24(29)27-12-8-5-9-13-27)28-23(26-19-11-7-6-10-18(19)25(28)30)17-14-20(31-2)22(33-4)21(15-17)32-3/h6-7,10-11,14-16H,5,8-9,12-13H2,1-4H3. The molecule has 0 spiro atoms. The fourth-order valence-electron chi connectivity index (χ4n) is 4.41. The predicted molar refractivity (Wildman–Crippen MR) is 126 cm³/mol. The van der Waals surface area contributed by atoms with Gasteiger partial charge in [0.25, 0.3) is 5.56 Å². The number of benzene rings is 2. The van der Waals surface area contributed by atoms with Gasteiger partial charge >= 0.3 is 0 Å². The molecule has 1 amide bonds. The number of carbonyl (C=O) groups excluding carboxylic acids is 1. The van der Waals surface area contributed by atoms with Crippen molar-refractivity contribution in [3.05, 3.63) is 46.8 Å². The van der Waals surface area contributed by atoms with E-state index in [1.54, 1.807) is 37.3 Å². The third kappa shape index (κ3) is 4.13. The van der Waals surface area contributed by atoms with Gasteiger partial charge < -0.3 is 19.1 Å². The molecule has 2 aromatic carbocycles. The molecule has 1 atom stereocenters. The molecule has 33 heavy (non-hydrogen) atoms. The number of aromatic nitrogens is 2. The van der Waals surface area contributed by atoms with Crippen LogP contribution in [0.15, 0.2) is 41.2 Å². The van der Waals surface area contributed by atoms with E-state index in [-0.39, 0.29) is 11.5 Å². The zero-order valence-electron chi connectivity index (χ0n) is 19.5. The number of fused-ring (bicyclic) bond motifs is 1. The van der Waals surface area contributed by atoms with Gasteiger partial charge in [0.2, 0.25) is 11.7 Å². The van der Waals surface area contributed by atoms with Gasteiger partial charge in [0.15, 0.2) is 11.5 Å². The lowest BCUT2D eigenvalue weighted by Crippen LogP contribution is -2.42. The topological polar surface area (TPSA) is 82.9 Å². The van der Waals surface area contributed by atoms with E-state index in [4.69, 9.17) is 19.2 Å². The zero-order valence-corrected chi connectivity index (χ0v) is 19.5. The summed E-state index contributed by atoms with van der Waals surface area (Å²) < 4.78 is 17.9. The van der Waals surface area contributed by atoms with Gasteiger partial charge in [0.1, 0.15) is 11.9 Å². The Morgan fingerprint density at radius 2 is 1.61 bits per heavy atom. The first-order valence-corrected chi connectivity index (χ1v) is 11.1. The second-order valence-electron chi connectivity index (χ2n) is 8.10. The molecular weight excluding hydrogens is 422 g/mol. The first-order chi connectivity index (χ1) is 16.0. The largest absolute Gasteiger partial charge is 0.493 e. The first-order valence-electron chi connectivity index (χ1n) is 11.1. The number of amides is 1. The van der Waals surface area contributed by atoms with Gasteiger partial charge in [-0.2, -0.15) is 0 Å². The molecule has 0 bridgehead atoms. The average molecular weight is 452 g/mol. The van der Waals surface area contributed by atoms with Crippen LogP contribution in [0.4, 0.5) is 0 Å². The molecule has 174 valence electrons. The minimum Gasteiger partial charge on any atom is -0.493 e. The minimum atomic E-state index is -0.721. The molecule has 1 saturated heterocycles. The van der Waals surface area contributed by atoms with Gasteiger partial charge in [0.05, 0.1) is 32.2 Å². The second-order valence-corrected chi connectivity index (χ2v) is 8.10. The summed E-state index contributed by atoms with van der Waals surface area (Å²) in [5.41, 5.74) is 0.882. The maximum absolute atomic E-state index is 13.6. The van der Waals surface area contributed by atoms with Crippen molar-refractivity contribution in [2.75, 3.05) is 34.4 Å². The highest BCUT2D eigenvalue weighted by Gasteiger charge is 2.28. The summed E-state index contributed by atoms with van der Waals surface area (Å²) in [5, 5.41) is 0.465. The number of rotatable bonds is 6. The lowest BCUT2D eigenvalue weighted by Gasteiger charge is -2.30. The van der Waals surface area contributed by atoms with Crippen LogP contribution in [0.1, 0.15) is 32.2 Å². The summed E-state index contributed by atoms with van der Waals surface area (Å²) in [7, 11) is 4.60. The van der Waals surface area contributed by atoms with Crippen LogP contribution in [0, 0.1) is 0 Å². The van der Waals surface area contributed by atoms with Crippen molar-refractivity contribution < 1.29 is 19.0 Å². The molecule has 0 N–H and O–H groups in total. The smallest absolute Gasteiger partial charge is 0.262 e. The van der Waals surface area contributed by atoms with Gasteiger partial charge in [-0.25, -0.2) is 4.98 Å². The highest BCUT2D eigenvalue weighted by atomic mass is 16.5. The quantitative estimate of drug-likeness (QED) is 0.569. The van der Waals surface area contributed by atoms with Gasteiger partial charge in [-0.15, -0.1) is 0 Å². The van der Waals surface area contributed by atoms with Crippen LogP contribution in [0.2, 0.25) is 0 Å². The zero-order chi connectivity index (χ0) is 23.5. The lowest BCUT2D eigenvalue weighted by atomic mass is 10.1. The Kier molecular flexibility index (Phi) is 6.53. The van der Waals surface area contributed by atoms with Gasteiger partial charge in [-0.1, -0.05) is 12.1 Å². The van der Waals surface area contributed by atoms with Crippen molar-refractivity contribution in [3.63, 3.8) is 0 Å². The number of likely N-dealkylation sites (tertiary alicyclic amines) is 1. The molecule has 3 aromatic rings. The number of hydrogen-bond acceptors (Lipinski definition) is 6. The molecule has 4 rings (SSSR count). The van der Waals surface area contributed by atoms with E-state index < -0.39 is 6.04 Å². The fraction of sp³-hybridized carbons (Fsp3) is 0.400. The van der Waals surface area contributed by atoms with Crippen LogP contribution in [0.5, 0.6) is 17.2 Å². The van der Waals surface area contributed by atoms with Crippen LogP contribution in [-0.4, -0.2) is 54.8 Å². The normalized spacial score (nSPS) is 14.7. The van der Waals surface area contributed by atoms with E-state index in [1.165, 1.54) is 25.9 Å². The monoisotopic (exact) mass is 451 g/mol. The third-order valence-corrected chi connectivity index (χ3v) is 6.14. The number of carbonyl (C=O) groups is 1. The van der Waals surface area contributed by atoms with Crippen molar-refractivity contribution in [1.29, 1.82) is 0 Å². The molecule has 1 aliphatic rings. The first kappa shape index (κ1) is 22.6. The summed E-state index contributed by atoms with van der Waals surface area (Å²) >= 11 is 0. The van der Waals surface area contributed by atoms with Crippen LogP contribution < -0.4 is 19.8 Å². The number of methoxy groups -OCH3 is 3. The molecule has 2 heterocycles. The molecule has 1 unspecified atom stereocenters. The van der Waals surface area contributed by atoms with Crippen molar-refractivity contribution in [2.45, 2.75) is 32.2 Å². The molecule has 8 nitrogen and oxygen atoms in total. The van der Waals surface area contributed by atoms with E-state index >= 15 is 0 Å². The van der Waals surface area contributed by atoms with E-state index in [0.29, 0.717) is 52.6 Å². The van der Waals surface area contributed by atoms with E-state index in [0.717, 1.165) is 19.3 Å². The Balaban J connectivity index is 1.95. The van der Waals surface area contributed by atoms with Crippen LogP contribution in [0.25, 0.3) is 22.3 Å². The Hall–Kier alpha value is -3.55. The molecular formula is C25H29N3O5. The number of para-hydroxylation sites is 1. The maximum atomic E-state index is 13.6. The van der Waals surface area contributed by atoms with Crippen molar-refractivity contribution in [3.8, 4) is 28.6 Å². The summed E-state index contributed by atoms with van der Waals surface area (Å²) in [5.74, 6) is 1.61. The Labute approximate surface area is 192 Å². The average Bonchev–Trinajstić information content (AvgIpc) is 2.87. The van der Waals surface area contributed by atoms with Crippen LogP contribution in [-0.2, 0) is 4.79 Å². The Morgan fingerprint density at radius 1 is 0.970 bits per heavy atom. The fourth-order valence-corrected chi connectivity index (χ4v) is 4.41. The van der Waals surface area contributed by atoms with Gasteiger partial charge in [-0.05, 0) is 50.5 Å². The van der Waals surface area contributed by atoms with Crippen molar-refractivity contribution in [2.24, 2.45) is 0 Å². The van der Waals surface area contributed by atoms with Crippen molar-refractivity contribution in [1.82, 2.24) is 14.5 Å². The van der Waals surface area contributed by atoms with Gasteiger partial charge in [-0.3, -0.25) is 14.2 Å². The van der Waals surface area contributed by atoms with E-state index in [2.05, 4.69) is 0 Å². The van der Waals surface area contributed by atoms with Gasteiger partial charge in [0, 0.05) is 18.7 Å². The Morgan fingerprint density at radius 3 is 2.21 bits per heavy atom. The van der Waals surface area contributed by atoms with Crippen LogP contribution >= 0.6 is 0 Å². The molecule has 8 heteroatoms. The second kappa shape index (κ2) is 9.52. The lowest BCUT2D eigenvalue weighted by molar-refractivity contribution is -0.135. The Bertz CT molecular complexity index is 1210. The summed E-state index contributed by atoms with van der Waals surface area (Å²) in [6, 6.07) is 9.92. The highest BCUT2D eigenvalue weighted by Crippen LogP contribution is 2.41. The predicted octanol–water partition coefficient (Wildman–Crippen LogP) is 3.66. The maximum Gasteiger partial charge on any atom is 0.262 e. The molecule has 0 aliphatic carbocycles. The SMILES string of the molecule is COc1cc(-c2nc3ccccc3c(=O)n2C(C)C(=O)N2CCCCC2)cc(OC)c1OC. The van der Waals surface area contributed by atoms with Crippen LogP contribution in [0.3, 0.4) is 0 Å². The molecule has 0 radical (unpaired) electrons. The number of piperidine rings is 1. The van der Waals surface area contributed by atoms with Crippen molar-refractivity contribution >= 4 is 16.8 Å². The highest BCUT2D eigenvalue weighted by molar-refractivity contribution is 5.84. The summed E-state index contributed by atoms with van der Waals surface area (Å²) in [6.07, 6.45) is 3.07. The molecule has 1 aliphatic heterocycles. The third-order valence-electron chi connectivity index (χ3n) is 6.14. The summed E-state index contributed by atoms with van der Waals surface area (Å²) in [6.45, 7) is 3.17. The molecule has 1 aromatic heterocycles. The van der Waals surface area contributed by atoms with E-state index in [1.807, 2.05) is 11.0 Å². The number of nitrogens with zero attached hydrogens (tertiary/aromatic N) is 3. The summed E-state index contributed by atoms with van der Waals surface area (Å²) in [4.78, 5) is 33.7.